The minimum Gasteiger partial charge on any atom is -0.497 e. The second-order valence-electron chi connectivity index (χ2n) is 9.53. The first-order valence-corrected chi connectivity index (χ1v) is 12.2. The third-order valence-electron chi connectivity index (χ3n) is 7.01. The van der Waals surface area contributed by atoms with Crippen molar-refractivity contribution in [2.75, 3.05) is 27.0 Å². The van der Waals surface area contributed by atoms with Gasteiger partial charge in [-0.15, -0.1) is 5.10 Å². The predicted octanol–water partition coefficient (Wildman–Crippen LogP) is 3.12. The van der Waals surface area contributed by atoms with Crippen LogP contribution < -0.4 is 19.8 Å². The molecule has 2 aromatic carbocycles. The number of benzene rings is 2. The highest BCUT2D eigenvalue weighted by atomic mass is 16.7. The zero-order valence-electron chi connectivity index (χ0n) is 20.3. The summed E-state index contributed by atoms with van der Waals surface area (Å²) in [4.78, 5) is 18.9. The van der Waals surface area contributed by atoms with Crippen LogP contribution in [0.1, 0.15) is 42.8 Å². The Balaban J connectivity index is 1.44. The van der Waals surface area contributed by atoms with Crippen LogP contribution >= 0.6 is 0 Å². The molecule has 0 bridgehead atoms. The minimum atomic E-state index is -0.389. The maximum absolute atomic E-state index is 13.5. The monoisotopic (exact) mass is 488 g/mol. The summed E-state index contributed by atoms with van der Waals surface area (Å²) in [5.74, 6) is 3.26. The molecular formula is C26H28N6O4. The molecule has 186 valence electrons. The van der Waals surface area contributed by atoms with Gasteiger partial charge in [-0.2, -0.15) is 0 Å². The molecule has 4 aromatic rings. The number of H-pyrrole nitrogens is 1. The third kappa shape index (κ3) is 4.17. The van der Waals surface area contributed by atoms with Crippen molar-refractivity contribution in [2.24, 2.45) is 5.92 Å². The van der Waals surface area contributed by atoms with Gasteiger partial charge in [-0.25, -0.2) is 4.68 Å². The van der Waals surface area contributed by atoms with Crippen LogP contribution in [-0.2, 0) is 6.54 Å². The maximum Gasteiger partial charge on any atom is 0.253 e. The van der Waals surface area contributed by atoms with Gasteiger partial charge in [-0.3, -0.25) is 9.69 Å². The standard InChI is InChI=1S/C26H28N6O4/c1-16-4-3-9-31(13-16)24(25-28-29-30-32(25)14-17-5-7-19(34-2)8-6-17)20-10-18-11-22-23(36-15-35-22)12-21(18)27-26(20)33/h5-8,10-12,16,24H,3-4,9,13-15H2,1-2H3,(H,27,33)/t16-,24+/m0/s1. The van der Waals surface area contributed by atoms with Gasteiger partial charge in [0.25, 0.3) is 5.56 Å². The summed E-state index contributed by atoms with van der Waals surface area (Å²) in [5.41, 5.74) is 2.19. The molecule has 1 saturated heterocycles. The van der Waals surface area contributed by atoms with Crippen molar-refractivity contribution < 1.29 is 14.2 Å². The van der Waals surface area contributed by atoms with E-state index < -0.39 is 0 Å². The van der Waals surface area contributed by atoms with Crippen molar-refractivity contribution in [1.82, 2.24) is 30.1 Å². The van der Waals surface area contributed by atoms with Crippen LogP contribution in [0.2, 0.25) is 0 Å². The Bertz CT molecular complexity index is 1450. The van der Waals surface area contributed by atoms with Gasteiger partial charge in [0.15, 0.2) is 17.3 Å². The number of likely N-dealkylation sites (tertiary alicyclic amines) is 1. The fourth-order valence-electron chi connectivity index (χ4n) is 5.20. The lowest BCUT2D eigenvalue weighted by molar-refractivity contribution is 0.141. The average Bonchev–Trinajstić information content (AvgIpc) is 3.53. The zero-order chi connectivity index (χ0) is 24.6. The number of aromatic amines is 1. The molecule has 2 aliphatic heterocycles. The summed E-state index contributed by atoms with van der Waals surface area (Å²) in [7, 11) is 1.65. The Labute approximate surface area is 207 Å². The molecular weight excluding hydrogens is 460 g/mol. The number of piperidine rings is 1. The summed E-state index contributed by atoms with van der Waals surface area (Å²) in [5, 5.41) is 13.6. The highest BCUT2D eigenvalue weighted by molar-refractivity contribution is 5.83. The molecule has 0 unspecified atom stereocenters. The molecule has 2 aliphatic rings. The van der Waals surface area contributed by atoms with Crippen LogP contribution in [0, 0.1) is 5.92 Å². The average molecular weight is 489 g/mol. The van der Waals surface area contributed by atoms with Gasteiger partial charge in [-0.05, 0) is 65.6 Å². The zero-order valence-corrected chi connectivity index (χ0v) is 20.3. The fraction of sp³-hybridized carbons (Fsp3) is 0.385. The summed E-state index contributed by atoms with van der Waals surface area (Å²) in [6.45, 7) is 4.63. The number of nitrogens with one attached hydrogen (secondary N) is 1. The molecule has 2 aromatic heterocycles. The predicted molar refractivity (Wildman–Crippen MR) is 132 cm³/mol. The molecule has 0 radical (unpaired) electrons. The van der Waals surface area contributed by atoms with E-state index in [1.54, 1.807) is 11.8 Å². The molecule has 0 aliphatic carbocycles. The topological polar surface area (TPSA) is 107 Å². The summed E-state index contributed by atoms with van der Waals surface area (Å²) in [6, 6.07) is 13.1. The van der Waals surface area contributed by atoms with E-state index in [2.05, 4.69) is 32.3 Å². The van der Waals surface area contributed by atoms with E-state index >= 15 is 0 Å². The van der Waals surface area contributed by atoms with Crippen molar-refractivity contribution in [3.8, 4) is 17.2 Å². The number of fused-ring (bicyclic) bond motifs is 2. The lowest BCUT2D eigenvalue weighted by atomic mass is 9.95. The molecule has 36 heavy (non-hydrogen) atoms. The molecule has 1 N–H and O–H groups in total. The SMILES string of the molecule is COc1ccc(Cn2nnnc2[C@@H](c2cc3cc4c(cc3[nH]c2=O)OCO4)N2CCC[C@H](C)C2)cc1. The number of hydrogen-bond donors (Lipinski definition) is 1. The number of nitrogens with zero attached hydrogens (tertiary/aromatic N) is 5. The van der Waals surface area contributed by atoms with Crippen LogP contribution in [0.3, 0.4) is 0 Å². The highest BCUT2D eigenvalue weighted by Gasteiger charge is 2.33. The third-order valence-corrected chi connectivity index (χ3v) is 7.01. The van der Waals surface area contributed by atoms with Crippen LogP contribution in [0.15, 0.2) is 47.3 Å². The number of tetrazole rings is 1. The van der Waals surface area contributed by atoms with Gasteiger partial charge in [0.1, 0.15) is 11.8 Å². The number of ether oxygens (including phenoxy) is 3. The lowest BCUT2D eigenvalue weighted by Gasteiger charge is -2.36. The number of methoxy groups -OCH3 is 1. The van der Waals surface area contributed by atoms with Gasteiger partial charge in [0, 0.05) is 23.6 Å². The van der Waals surface area contributed by atoms with E-state index in [-0.39, 0.29) is 18.4 Å². The molecule has 2 atom stereocenters. The van der Waals surface area contributed by atoms with Crippen molar-refractivity contribution in [2.45, 2.75) is 32.4 Å². The molecule has 10 heteroatoms. The Kier molecular flexibility index (Phi) is 5.80. The van der Waals surface area contributed by atoms with Crippen LogP contribution in [0.5, 0.6) is 17.2 Å². The number of aromatic nitrogens is 5. The van der Waals surface area contributed by atoms with Crippen molar-refractivity contribution in [3.05, 3.63) is 69.8 Å². The van der Waals surface area contributed by atoms with Crippen molar-refractivity contribution in [3.63, 3.8) is 0 Å². The molecule has 0 saturated carbocycles. The molecule has 0 spiro atoms. The van der Waals surface area contributed by atoms with E-state index in [9.17, 15) is 4.79 Å². The van der Waals surface area contributed by atoms with E-state index in [1.165, 1.54) is 0 Å². The van der Waals surface area contributed by atoms with Gasteiger partial charge in [-0.1, -0.05) is 19.1 Å². The normalized spacial score (nSPS) is 18.4. The largest absolute Gasteiger partial charge is 0.497 e. The fourth-order valence-corrected chi connectivity index (χ4v) is 5.20. The lowest BCUT2D eigenvalue weighted by Crippen LogP contribution is -2.41. The Morgan fingerprint density at radius 3 is 2.75 bits per heavy atom. The summed E-state index contributed by atoms with van der Waals surface area (Å²) >= 11 is 0. The second kappa shape index (κ2) is 9.27. The Morgan fingerprint density at radius 1 is 1.17 bits per heavy atom. The first kappa shape index (κ1) is 22.5. The number of pyridine rings is 1. The minimum absolute atomic E-state index is 0.163. The molecule has 1 fully saturated rings. The molecule has 10 nitrogen and oxygen atoms in total. The molecule has 0 amide bonds. The summed E-state index contributed by atoms with van der Waals surface area (Å²) in [6.07, 6.45) is 2.22. The summed E-state index contributed by atoms with van der Waals surface area (Å²) < 4.78 is 18.1. The Morgan fingerprint density at radius 2 is 1.97 bits per heavy atom. The second-order valence-corrected chi connectivity index (χ2v) is 9.53. The first-order chi connectivity index (χ1) is 17.6. The highest BCUT2D eigenvalue weighted by Crippen LogP contribution is 2.37. The smallest absolute Gasteiger partial charge is 0.253 e. The quantitative estimate of drug-likeness (QED) is 0.441. The molecule has 4 heterocycles. The van der Waals surface area contributed by atoms with Crippen molar-refractivity contribution in [1.29, 1.82) is 0 Å². The van der Waals surface area contributed by atoms with E-state index in [1.807, 2.05) is 42.5 Å². The van der Waals surface area contributed by atoms with Crippen LogP contribution in [0.4, 0.5) is 0 Å². The van der Waals surface area contributed by atoms with Crippen LogP contribution in [-0.4, -0.2) is 57.1 Å². The van der Waals surface area contributed by atoms with Gasteiger partial charge < -0.3 is 19.2 Å². The van der Waals surface area contributed by atoms with E-state index in [0.717, 1.165) is 42.6 Å². The first-order valence-electron chi connectivity index (χ1n) is 12.2. The van der Waals surface area contributed by atoms with Gasteiger partial charge >= 0.3 is 0 Å². The van der Waals surface area contributed by atoms with Gasteiger partial charge in [0.05, 0.1) is 19.2 Å². The van der Waals surface area contributed by atoms with Crippen molar-refractivity contribution >= 4 is 10.9 Å². The maximum atomic E-state index is 13.5. The number of rotatable bonds is 6. The van der Waals surface area contributed by atoms with E-state index in [4.69, 9.17) is 14.2 Å². The van der Waals surface area contributed by atoms with Gasteiger partial charge in [0.2, 0.25) is 6.79 Å². The van der Waals surface area contributed by atoms with E-state index in [0.29, 0.717) is 40.9 Å². The Hall–Kier alpha value is -3.92. The molecule has 6 rings (SSSR count). The number of hydrogen-bond acceptors (Lipinski definition) is 8. The van der Waals surface area contributed by atoms with Crippen LogP contribution in [0.25, 0.3) is 10.9 Å².